The zero-order valence-electron chi connectivity index (χ0n) is 7.92. The Morgan fingerprint density at radius 2 is 1.92 bits per heavy atom. The molecule has 0 N–H and O–H groups in total. The molecule has 0 aliphatic heterocycles. The zero-order chi connectivity index (χ0) is 9.72. The first-order valence-electron chi connectivity index (χ1n) is 3.16. The third kappa shape index (κ3) is 5.63. The van der Waals surface area contributed by atoms with Gasteiger partial charge in [0.1, 0.15) is 0 Å². The van der Waals surface area contributed by atoms with Crippen molar-refractivity contribution in [1.29, 1.82) is 0 Å². The van der Waals surface area contributed by atoms with Gasteiger partial charge in [0.05, 0.1) is 13.1 Å². The van der Waals surface area contributed by atoms with Gasteiger partial charge in [0.15, 0.2) is 5.76 Å². The van der Waals surface area contributed by atoms with Crippen LogP contribution in [-0.2, 0) is 14.3 Å². The van der Waals surface area contributed by atoms with Crippen molar-refractivity contribution in [3.63, 3.8) is 0 Å². The molecule has 13 heavy (non-hydrogen) atoms. The van der Waals surface area contributed by atoms with E-state index in [0.29, 0.717) is 6.08 Å². The summed E-state index contributed by atoms with van der Waals surface area (Å²) in [5.41, 5.74) is 0.212. The second kappa shape index (κ2) is 6.88. The molecule has 0 aromatic carbocycles. The van der Waals surface area contributed by atoms with Crippen LogP contribution < -0.4 is 34.7 Å². The SMILES string of the molecule is C=C(C)C(=O)/C(=C/C(=O)[O-])OC.[Na+]. The largest absolute Gasteiger partial charge is 1.00 e. The Kier molecular flexibility index (Phi) is 7.90. The number of ketones is 1. The number of carbonyl (C=O) groups is 2. The van der Waals surface area contributed by atoms with Crippen LogP contribution in [0.5, 0.6) is 0 Å². The molecule has 0 fully saturated rings. The fourth-order valence-corrected chi connectivity index (χ4v) is 0.535. The Morgan fingerprint density at radius 1 is 1.46 bits per heavy atom. The van der Waals surface area contributed by atoms with Gasteiger partial charge in [0.25, 0.3) is 0 Å². The van der Waals surface area contributed by atoms with Crippen LogP contribution in [0.15, 0.2) is 24.0 Å². The van der Waals surface area contributed by atoms with Crippen molar-refractivity contribution in [3.05, 3.63) is 24.0 Å². The van der Waals surface area contributed by atoms with Crippen LogP contribution in [-0.4, -0.2) is 18.9 Å². The number of hydrogen-bond donors (Lipinski definition) is 0. The molecule has 5 heteroatoms. The third-order valence-electron chi connectivity index (χ3n) is 1.08. The van der Waals surface area contributed by atoms with E-state index in [1.165, 1.54) is 14.0 Å². The van der Waals surface area contributed by atoms with Gasteiger partial charge in [-0.25, -0.2) is 0 Å². The van der Waals surface area contributed by atoms with Crippen LogP contribution in [0.2, 0.25) is 0 Å². The maximum atomic E-state index is 11.0. The fraction of sp³-hybridized carbons (Fsp3) is 0.250. The summed E-state index contributed by atoms with van der Waals surface area (Å²) < 4.78 is 4.51. The van der Waals surface area contributed by atoms with Crippen molar-refractivity contribution in [1.82, 2.24) is 0 Å². The van der Waals surface area contributed by atoms with E-state index in [9.17, 15) is 14.7 Å². The van der Waals surface area contributed by atoms with Gasteiger partial charge in [0, 0.05) is 6.08 Å². The first kappa shape index (κ1) is 14.9. The first-order valence-corrected chi connectivity index (χ1v) is 3.16. The summed E-state index contributed by atoms with van der Waals surface area (Å²) in [4.78, 5) is 21.1. The molecule has 0 atom stereocenters. The van der Waals surface area contributed by atoms with E-state index in [0.717, 1.165) is 0 Å². The Balaban J connectivity index is 0. The molecule has 0 saturated carbocycles. The van der Waals surface area contributed by atoms with Gasteiger partial charge in [0.2, 0.25) is 5.78 Å². The second-order valence-electron chi connectivity index (χ2n) is 2.14. The van der Waals surface area contributed by atoms with E-state index >= 15 is 0 Å². The number of ether oxygens (including phenoxy) is 1. The van der Waals surface area contributed by atoms with Crippen molar-refractivity contribution < 1.29 is 49.0 Å². The van der Waals surface area contributed by atoms with E-state index in [1.54, 1.807) is 0 Å². The number of hydrogen-bond acceptors (Lipinski definition) is 4. The second-order valence-corrected chi connectivity index (χ2v) is 2.14. The summed E-state index contributed by atoms with van der Waals surface area (Å²) >= 11 is 0. The molecule has 0 radical (unpaired) electrons. The normalized spacial score (nSPS) is 9.85. The van der Waals surface area contributed by atoms with Crippen LogP contribution in [0.1, 0.15) is 6.92 Å². The minimum atomic E-state index is -1.47. The summed E-state index contributed by atoms with van der Waals surface area (Å²) in [6.45, 7) is 4.81. The average Bonchev–Trinajstić information content (AvgIpc) is 1.98. The van der Waals surface area contributed by atoms with Gasteiger partial charge in [-0.15, -0.1) is 0 Å². The summed E-state index contributed by atoms with van der Waals surface area (Å²) in [6, 6.07) is 0. The molecule has 0 rings (SSSR count). The van der Waals surface area contributed by atoms with Crippen molar-refractivity contribution in [2.75, 3.05) is 7.11 Å². The molecule has 0 aliphatic carbocycles. The predicted molar refractivity (Wildman–Crippen MR) is 39.9 cm³/mol. The summed E-state index contributed by atoms with van der Waals surface area (Å²) in [5.74, 6) is -2.29. The van der Waals surface area contributed by atoms with E-state index in [2.05, 4.69) is 11.3 Å². The van der Waals surface area contributed by atoms with Crippen LogP contribution in [0.25, 0.3) is 0 Å². The quantitative estimate of drug-likeness (QED) is 0.262. The molecule has 0 saturated heterocycles. The van der Waals surface area contributed by atoms with Crippen molar-refractivity contribution in [3.8, 4) is 0 Å². The van der Waals surface area contributed by atoms with Crippen LogP contribution in [0.4, 0.5) is 0 Å². The number of carboxylic acid groups (broad SMARTS) is 1. The van der Waals surface area contributed by atoms with E-state index in [1.807, 2.05) is 0 Å². The summed E-state index contributed by atoms with van der Waals surface area (Å²) in [7, 11) is 1.20. The van der Waals surface area contributed by atoms with Crippen molar-refractivity contribution >= 4 is 11.8 Å². The smallest absolute Gasteiger partial charge is 0.545 e. The van der Waals surface area contributed by atoms with E-state index in [-0.39, 0.29) is 40.9 Å². The Labute approximate surface area is 98.6 Å². The van der Waals surface area contributed by atoms with Gasteiger partial charge >= 0.3 is 29.6 Å². The van der Waals surface area contributed by atoms with Crippen molar-refractivity contribution in [2.24, 2.45) is 0 Å². The monoisotopic (exact) mass is 192 g/mol. The Morgan fingerprint density at radius 3 is 2.15 bits per heavy atom. The van der Waals surface area contributed by atoms with Gasteiger partial charge in [-0.3, -0.25) is 4.79 Å². The molecule has 0 unspecified atom stereocenters. The predicted octanol–water partition coefficient (Wildman–Crippen LogP) is -3.58. The maximum Gasteiger partial charge on any atom is 1.00 e. The van der Waals surface area contributed by atoms with Crippen molar-refractivity contribution in [2.45, 2.75) is 6.92 Å². The minimum absolute atomic E-state index is 0. The zero-order valence-corrected chi connectivity index (χ0v) is 9.92. The molecular weight excluding hydrogens is 183 g/mol. The third-order valence-corrected chi connectivity index (χ3v) is 1.08. The number of rotatable bonds is 4. The van der Waals surface area contributed by atoms with Gasteiger partial charge < -0.3 is 14.6 Å². The molecule has 0 spiro atoms. The Hall–Kier alpha value is -0.580. The molecule has 66 valence electrons. The van der Waals surface area contributed by atoms with Gasteiger partial charge in [-0.2, -0.15) is 0 Å². The summed E-state index contributed by atoms with van der Waals surface area (Å²) in [6.07, 6.45) is 0.594. The molecule has 4 nitrogen and oxygen atoms in total. The topological polar surface area (TPSA) is 66.4 Å². The molecule has 0 heterocycles. The average molecular weight is 192 g/mol. The number of methoxy groups -OCH3 is 1. The number of carbonyl (C=O) groups excluding carboxylic acids is 2. The number of Topliss-reactive ketones (excluding diaryl/α,β-unsaturated/α-hetero) is 1. The van der Waals surface area contributed by atoms with Crippen LogP contribution >= 0.6 is 0 Å². The molecule has 0 aromatic heterocycles. The number of aliphatic carboxylic acids is 1. The van der Waals surface area contributed by atoms with Crippen LogP contribution in [0, 0.1) is 0 Å². The summed E-state index contributed by atoms with van der Waals surface area (Å²) in [5, 5.41) is 10.0. The molecule has 0 aliphatic rings. The molecule has 0 bridgehead atoms. The first-order chi connectivity index (χ1) is 5.49. The van der Waals surface area contributed by atoms with Gasteiger partial charge in [-0.05, 0) is 12.5 Å². The number of allylic oxidation sites excluding steroid dienone is 1. The molecule has 0 amide bonds. The van der Waals surface area contributed by atoms with E-state index in [4.69, 9.17) is 0 Å². The standard InChI is InChI=1S/C8H10O4.Na/c1-5(2)8(11)6(12-3)4-7(9)10;/h4H,1H2,2-3H3,(H,9,10);/q;+1/p-1/b6-4-;. The Bertz CT molecular complexity index is 255. The molecule has 0 aromatic rings. The fourth-order valence-electron chi connectivity index (χ4n) is 0.535. The minimum Gasteiger partial charge on any atom is -0.545 e. The van der Waals surface area contributed by atoms with Gasteiger partial charge in [-0.1, -0.05) is 6.58 Å². The van der Waals surface area contributed by atoms with E-state index < -0.39 is 11.8 Å². The number of carboxylic acids is 1. The maximum absolute atomic E-state index is 11.0. The molecular formula is C8H9NaO4. The van der Waals surface area contributed by atoms with Crippen LogP contribution in [0.3, 0.4) is 0 Å².